The molecule has 3 rings (SSSR count). The van der Waals surface area contributed by atoms with Crippen molar-refractivity contribution >= 4 is 50.2 Å². The number of carbonyl (C=O) groups excluding carboxylic acids is 3. The van der Waals surface area contributed by atoms with E-state index in [1.165, 1.54) is 11.3 Å². The highest BCUT2D eigenvalue weighted by Gasteiger charge is 2.31. The Morgan fingerprint density at radius 3 is 2.59 bits per heavy atom. The molecule has 1 aromatic heterocycles. The summed E-state index contributed by atoms with van der Waals surface area (Å²) in [5.41, 5.74) is 1.65. The maximum Gasteiger partial charge on any atom is 0.410 e. The van der Waals surface area contributed by atoms with Crippen LogP contribution >= 0.6 is 27.3 Å². The summed E-state index contributed by atoms with van der Waals surface area (Å²) >= 11 is 4.66. The number of benzene rings is 1. The molecule has 0 unspecified atom stereocenters. The molecule has 1 aromatic carbocycles. The second-order valence-corrected chi connectivity index (χ2v) is 8.19. The summed E-state index contributed by atoms with van der Waals surface area (Å²) in [6, 6.07) is 7.05. The molecule has 2 aromatic rings. The minimum absolute atomic E-state index is 0.232. The molecule has 9 heteroatoms. The van der Waals surface area contributed by atoms with E-state index in [4.69, 9.17) is 9.47 Å². The van der Waals surface area contributed by atoms with Gasteiger partial charge in [-0.2, -0.15) is 0 Å². The Labute approximate surface area is 181 Å². The Morgan fingerprint density at radius 2 is 1.90 bits per heavy atom. The molecule has 2 amide bonds. The van der Waals surface area contributed by atoms with Gasteiger partial charge in [-0.15, -0.1) is 11.3 Å². The number of hydrogen-bond acceptors (Lipinski definition) is 6. The van der Waals surface area contributed by atoms with Crippen LogP contribution < -0.4 is 5.32 Å². The van der Waals surface area contributed by atoms with E-state index < -0.39 is 5.97 Å². The number of rotatable bonds is 5. The van der Waals surface area contributed by atoms with Crippen molar-refractivity contribution < 1.29 is 23.9 Å². The highest BCUT2D eigenvalue weighted by molar-refractivity contribution is 9.10. The van der Waals surface area contributed by atoms with Crippen molar-refractivity contribution in [2.45, 2.75) is 26.8 Å². The number of ether oxygens (including phenoxy) is 2. The van der Waals surface area contributed by atoms with Gasteiger partial charge in [0.2, 0.25) is 0 Å². The van der Waals surface area contributed by atoms with Gasteiger partial charge in [-0.25, -0.2) is 9.59 Å². The highest BCUT2D eigenvalue weighted by Crippen LogP contribution is 2.38. The number of hydrogen-bond donors (Lipinski definition) is 1. The molecule has 1 N–H and O–H groups in total. The largest absolute Gasteiger partial charge is 0.462 e. The number of esters is 1. The zero-order valence-electron chi connectivity index (χ0n) is 16.1. The van der Waals surface area contributed by atoms with Crippen LogP contribution in [-0.4, -0.2) is 42.6 Å². The zero-order chi connectivity index (χ0) is 21.0. The molecular weight excluding hydrogens is 460 g/mol. The van der Waals surface area contributed by atoms with Crippen molar-refractivity contribution in [2.24, 2.45) is 0 Å². The Kier molecular flexibility index (Phi) is 6.92. The number of anilines is 1. The second-order valence-electron chi connectivity index (χ2n) is 6.23. The molecule has 0 atom stereocenters. The smallest absolute Gasteiger partial charge is 0.410 e. The second kappa shape index (κ2) is 9.41. The number of amides is 2. The first kappa shape index (κ1) is 21.3. The number of nitrogens with one attached hydrogen (secondary N) is 1. The first-order chi connectivity index (χ1) is 14.0. The number of halogens is 1. The number of thiophene rings is 1. The van der Waals surface area contributed by atoms with E-state index in [1.807, 2.05) is 6.07 Å². The lowest BCUT2D eigenvalue weighted by Gasteiger charge is -2.26. The molecule has 1 aliphatic heterocycles. The molecule has 0 spiro atoms. The summed E-state index contributed by atoms with van der Waals surface area (Å²) in [6.45, 7) is 4.79. The average molecular weight is 481 g/mol. The van der Waals surface area contributed by atoms with Gasteiger partial charge < -0.3 is 19.7 Å². The van der Waals surface area contributed by atoms with Crippen molar-refractivity contribution in [2.75, 3.05) is 25.1 Å². The third kappa shape index (κ3) is 4.62. The first-order valence-electron chi connectivity index (χ1n) is 9.25. The van der Waals surface area contributed by atoms with Gasteiger partial charge in [0.05, 0.1) is 30.9 Å². The van der Waals surface area contributed by atoms with Crippen LogP contribution in [0.15, 0.2) is 28.7 Å². The van der Waals surface area contributed by atoms with Gasteiger partial charge in [0.25, 0.3) is 5.91 Å². The van der Waals surface area contributed by atoms with Gasteiger partial charge in [0.1, 0.15) is 5.00 Å². The van der Waals surface area contributed by atoms with Crippen molar-refractivity contribution in [3.8, 4) is 0 Å². The van der Waals surface area contributed by atoms with Crippen LogP contribution in [0.2, 0.25) is 0 Å². The van der Waals surface area contributed by atoms with E-state index in [2.05, 4.69) is 21.2 Å². The van der Waals surface area contributed by atoms with Crippen molar-refractivity contribution in [3.63, 3.8) is 0 Å². The number of fused-ring (bicyclic) bond motifs is 1. The van der Waals surface area contributed by atoms with E-state index >= 15 is 0 Å². The number of carbonyl (C=O) groups is 3. The van der Waals surface area contributed by atoms with Gasteiger partial charge in [-0.1, -0.05) is 12.1 Å². The molecule has 0 aliphatic carbocycles. The molecule has 29 heavy (non-hydrogen) atoms. The minimum Gasteiger partial charge on any atom is -0.462 e. The fourth-order valence-corrected chi connectivity index (χ4v) is 4.81. The Morgan fingerprint density at radius 1 is 1.17 bits per heavy atom. The van der Waals surface area contributed by atoms with E-state index in [-0.39, 0.29) is 18.6 Å². The van der Waals surface area contributed by atoms with Gasteiger partial charge in [0, 0.05) is 15.9 Å². The first-order valence-corrected chi connectivity index (χ1v) is 10.9. The van der Waals surface area contributed by atoms with Gasteiger partial charge in [0.15, 0.2) is 0 Å². The molecule has 0 saturated carbocycles. The third-order valence-corrected chi connectivity index (χ3v) is 6.23. The van der Waals surface area contributed by atoms with E-state index in [0.717, 1.165) is 10.4 Å². The molecule has 0 saturated heterocycles. The zero-order valence-corrected chi connectivity index (χ0v) is 18.5. The monoisotopic (exact) mass is 480 g/mol. The van der Waals surface area contributed by atoms with Crippen LogP contribution in [0.5, 0.6) is 0 Å². The van der Waals surface area contributed by atoms with Crippen LogP contribution in [0.3, 0.4) is 0 Å². The summed E-state index contributed by atoms with van der Waals surface area (Å²) in [5.74, 6) is -0.805. The maximum atomic E-state index is 12.8. The molecule has 7 nitrogen and oxygen atoms in total. The third-order valence-electron chi connectivity index (χ3n) is 4.41. The van der Waals surface area contributed by atoms with Crippen molar-refractivity contribution in [3.05, 3.63) is 50.3 Å². The normalized spacial score (nSPS) is 12.9. The molecule has 2 heterocycles. The Hall–Kier alpha value is -2.39. The van der Waals surface area contributed by atoms with Crippen LogP contribution in [0, 0.1) is 0 Å². The van der Waals surface area contributed by atoms with Gasteiger partial charge in [-0.3, -0.25) is 4.79 Å². The van der Waals surface area contributed by atoms with Gasteiger partial charge in [-0.05, 0) is 53.9 Å². The molecular formula is C20H21BrN2O5S. The quantitative estimate of drug-likeness (QED) is 0.638. The van der Waals surface area contributed by atoms with Gasteiger partial charge >= 0.3 is 12.1 Å². The van der Waals surface area contributed by atoms with E-state index in [1.54, 1.807) is 36.9 Å². The highest BCUT2D eigenvalue weighted by atomic mass is 79.9. The summed E-state index contributed by atoms with van der Waals surface area (Å²) in [6.07, 6.45) is 0.104. The molecule has 154 valence electrons. The molecule has 1 aliphatic rings. The van der Waals surface area contributed by atoms with Crippen molar-refractivity contribution in [1.29, 1.82) is 0 Å². The lowest BCUT2D eigenvalue weighted by atomic mass is 10.0. The summed E-state index contributed by atoms with van der Waals surface area (Å²) in [5, 5.41) is 3.28. The van der Waals surface area contributed by atoms with E-state index in [0.29, 0.717) is 46.7 Å². The van der Waals surface area contributed by atoms with Crippen LogP contribution in [-0.2, 0) is 22.4 Å². The van der Waals surface area contributed by atoms with Crippen molar-refractivity contribution in [1.82, 2.24) is 4.90 Å². The van der Waals surface area contributed by atoms with Crippen LogP contribution in [0.25, 0.3) is 0 Å². The van der Waals surface area contributed by atoms with Crippen LogP contribution in [0.1, 0.15) is 45.0 Å². The van der Waals surface area contributed by atoms with Crippen LogP contribution in [0.4, 0.5) is 9.80 Å². The lowest BCUT2D eigenvalue weighted by molar-refractivity contribution is 0.0526. The molecule has 0 fully saturated rings. The average Bonchev–Trinajstić information content (AvgIpc) is 3.05. The topological polar surface area (TPSA) is 84.9 Å². The fraction of sp³-hybridized carbons (Fsp3) is 0.350. The summed E-state index contributed by atoms with van der Waals surface area (Å²) in [4.78, 5) is 39.9. The summed E-state index contributed by atoms with van der Waals surface area (Å²) < 4.78 is 11.0. The fourth-order valence-electron chi connectivity index (χ4n) is 3.10. The predicted octanol–water partition coefficient (Wildman–Crippen LogP) is 4.45. The lowest BCUT2D eigenvalue weighted by Crippen LogP contribution is -2.36. The SMILES string of the molecule is CCOC(=O)c1c(NC(=O)c2ccccc2Br)sc2c1CCN(C(=O)OCC)C2. The van der Waals surface area contributed by atoms with E-state index in [9.17, 15) is 14.4 Å². The molecule has 0 bridgehead atoms. The number of nitrogens with zero attached hydrogens (tertiary/aromatic N) is 1. The maximum absolute atomic E-state index is 12.8. The summed E-state index contributed by atoms with van der Waals surface area (Å²) in [7, 11) is 0. The Balaban J connectivity index is 1.92. The minimum atomic E-state index is -0.475. The predicted molar refractivity (Wildman–Crippen MR) is 114 cm³/mol. The standard InChI is InChI=1S/C20H21BrN2O5S/c1-3-27-19(25)16-13-9-10-23(20(26)28-4-2)11-15(13)29-18(16)22-17(24)12-7-5-6-8-14(12)21/h5-8H,3-4,9-11H2,1-2H3,(H,22,24). The Bertz CT molecular complexity index is 943. The molecule has 0 radical (unpaired) electrons.